The van der Waals surface area contributed by atoms with E-state index >= 15 is 0 Å². The summed E-state index contributed by atoms with van der Waals surface area (Å²) in [5, 5.41) is 2.84. The molecule has 0 aliphatic carbocycles. The van der Waals surface area contributed by atoms with E-state index in [1.54, 1.807) is 6.92 Å². The van der Waals surface area contributed by atoms with Gasteiger partial charge in [-0.05, 0) is 36.3 Å². The van der Waals surface area contributed by atoms with Crippen molar-refractivity contribution in [2.45, 2.75) is 13.1 Å². The number of hydrogen-bond donors (Lipinski definition) is 1. The van der Waals surface area contributed by atoms with E-state index in [2.05, 4.69) is 10.3 Å². The first kappa shape index (κ1) is 21.7. The second-order valence-corrected chi connectivity index (χ2v) is 6.29. The molecule has 0 unspecified atom stereocenters. The van der Waals surface area contributed by atoms with Crippen molar-refractivity contribution in [3.8, 4) is 0 Å². The summed E-state index contributed by atoms with van der Waals surface area (Å²) in [4.78, 5) is 27.3. The first-order valence-corrected chi connectivity index (χ1v) is 8.46. The molecular formula is C18H13Cl2F3N2O3. The summed E-state index contributed by atoms with van der Waals surface area (Å²) in [6, 6.07) is 4.40. The number of nitrogens with one attached hydrogen (secondary N) is 1. The van der Waals surface area contributed by atoms with Crippen molar-refractivity contribution in [1.29, 1.82) is 0 Å². The molecule has 5 nitrogen and oxygen atoms in total. The molecule has 0 aliphatic heterocycles. The van der Waals surface area contributed by atoms with E-state index < -0.39 is 30.2 Å². The molecule has 1 heterocycles. The molecule has 0 atom stereocenters. The van der Waals surface area contributed by atoms with Crippen LogP contribution in [0.4, 0.5) is 19.0 Å². The van der Waals surface area contributed by atoms with Crippen LogP contribution >= 0.6 is 23.2 Å². The molecule has 1 N–H and O–H groups in total. The molecule has 0 fully saturated rings. The fourth-order valence-corrected chi connectivity index (χ4v) is 2.37. The molecule has 0 aliphatic rings. The molecule has 0 bridgehead atoms. The minimum absolute atomic E-state index is 0.0594. The van der Waals surface area contributed by atoms with E-state index in [4.69, 9.17) is 27.9 Å². The second-order valence-electron chi connectivity index (χ2n) is 5.51. The predicted molar refractivity (Wildman–Crippen MR) is 99.1 cm³/mol. The molecule has 1 aromatic heterocycles. The van der Waals surface area contributed by atoms with Crippen LogP contribution < -0.4 is 5.32 Å². The number of benzene rings is 1. The third kappa shape index (κ3) is 5.97. The lowest BCUT2D eigenvalue weighted by molar-refractivity contribution is -0.142. The van der Waals surface area contributed by atoms with Crippen LogP contribution in [0.5, 0.6) is 0 Å². The summed E-state index contributed by atoms with van der Waals surface area (Å²) < 4.78 is 42.7. The maximum absolute atomic E-state index is 12.6. The van der Waals surface area contributed by atoms with E-state index in [0.717, 1.165) is 24.3 Å². The highest BCUT2D eigenvalue weighted by molar-refractivity contribution is 6.37. The number of nitrogens with zero attached hydrogens (tertiary/aromatic N) is 1. The fraction of sp³-hybridized carbons (Fsp3) is 0.167. The molecule has 0 saturated heterocycles. The van der Waals surface area contributed by atoms with Crippen molar-refractivity contribution in [1.82, 2.24) is 4.98 Å². The Morgan fingerprint density at radius 2 is 2.00 bits per heavy atom. The Kier molecular flexibility index (Phi) is 7.04. The summed E-state index contributed by atoms with van der Waals surface area (Å²) in [5.74, 6) is -1.54. The average molecular weight is 433 g/mol. The Morgan fingerprint density at radius 3 is 2.68 bits per heavy atom. The van der Waals surface area contributed by atoms with Crippen molar-refractivity contribution in [3.05, 3.63) is 63.3 Å². The predicted octanol–water partition coefficient (Wildman–Crippen LogP) is 4.91. The number of carbonyl (C=O) groups excluding carboxylic acids is 2. The van der Waals surface area contributed by atoms with Gasteiger partial charge in [-0.25, -0.2) is 9.78 Å². The monoisotopic (exact) mass is 432 g/mol. The number of amides is 1. The first-order valence-electron chi connectivity index (χ1n) is 7.70. The summed E-state index contributed by atoms with van der Waals surface area (Å²) in [6.07, 6.45) is -1.11. The minimum Gasteiger partial charge on any atom is -0.452 e. The molecule has 0 spiro atoms. The third-order valence-electron chi connectivity index (χ3n) is 3.43. The third-order valence-corrected chi connectivity index (χ3v) is 4.28. The lowest BCUT2D eigenvalue weighted by Crippen LogP contribution is -2.21. The SMILES string of the molecule is Cc1c(Cl)cnc(NC(=O)COC(=O)/C=C/c2cccc(C(F)(F)F)c2)c1Cl. The maximum atomic E-state index is 12.6. The van der Waals surface area contributed by atoms with Crippen LogP contribution in [0.1, 0.15) is 16.7 Å². The Balaban J connectivity index is 1.91. The number of carbonyl (C=O) groups is 2. The van der Waals surface area contributed by atoms with Crippen molar-refractivity contribution in [2.24, 2.45) is 0 Å². The average Bonchev–Trinajstić information content (AvgIpc) is 2.65. The zero-order valence-corrected chi connectivity index (χ0v) is 15.8. The summed E-state index contributed by atoms with van der Waals surface area (Å²) in [6.45, 7) is 1.01. The van der Waals surface area contributed by atoms with Crippen LogP contribution in [0.25, 0.3) is 6.08 Å². The van der Waals surface area contributed by atoms with Crippen molar-refractivity contribution < 1.29 is 27.5 Å². The molecule has 2 rings (SSSR count). The first-order chi connectivity index (χ1) is 13.1. The molecule has 1 aromatic carbocycles. The maximum Gasteiger partial charge on any atom is 0.416 e. The van der Waals surface area contributed by atoms with E-state index in [9.17, 15) is 22.8 Å². The molecular weight excluding hydrogens is 420 g/mol. The van der Waals surface area contributed by atoms with Crippen LogP contribution in [0.15, 0.2) is 36.5 Å². The highest BCUT2D eigenvalue weighted by Crippen LogP contribution is 2.30. The number of pyridine rings is 1. The number of hydrogen-bond acceptors (Lipinski definition) is 4. The number of anilines is 1. The van der Waals surface area contributed by atoms with Gasteiger partial charge in [0, 0.05) is 12.3 Å². The molecule has 2 aromatic rings. The van der Waals surface area contributed by atoms with Crippen LogP contribution in [0.2, 0.25) is 10.0 Å². The summed E-state index contributed by atoms with van der Waals surface area (Å²) in [7, 11) is 0. The lowest BCUT2D eigenvalue weighted by Gasteiger charge is -2.09. The quantitative estimate of drug-likeness (QED) is 0.538. The van der Waals surface area contributed by atoms with Crippen molar-refractivity contribution >= 4 is 47.0 Å². The lowest BCUT2D eigenvalue weighted by atomic mass is 10.1. The second kappa shape index (κ2) is 9.07. The zero-order valence-electron chi connectivity index (χ0n) is 14.3. The van der Waals surface area contributed by atoms with Crippen LogP contribution in [-0.2, 0) is 20.5 Å². The van der Waals surface area contributed by atoms with E-state index in [-0.39, 0.29) is 16.4 Å². The van der Waals surface area contributed by atoms with Gasteiger partial charge in [-0.15, -0.1) is 0 Å². The number of aromatic nitrogens is 1. The van der Waals surface area contributed by atoms with Gasteiger partial charge in [0.05, 0.1) is 15.6 Å². The number of esters is 1. The number of ether oxygens (including phenoxy) is 1. The van der Waals surface area contributed by atoms with E-state index in [1.165, 1.54) is 18.3 Å². The molecule has 10 heteroatoms. The Bertz CT molecular complexity index is 931. The summed E-state index contributed by atoms with van der Waals surface area (Å²) in [5.41, 5.74) is -0.163. The molecule has 28 heavy (non-hydrogen) atoms. The van der Waals surface area contributed by atoms with Gasteiger partial charge in [-0.1, -0.05) is 35.3 Å². The van der Waals surface area contributed by atoms with Gasteiger partial charge in [0.1, 0.15) is 0 Å². The van der Waals surface area contributed by atoms with Gasteiger partial charge in [-0.2, -0.15) is 13.2 Å². The Labute approximate surface area is 168 Å². The van der Waals surface area contributed by atoms with Crippen LogP contribution in [-0.4, -0.2) is 23.5 Å². The van der Waals surface area contributed by atoms with E-state index in [0.29, 0.717) is 10.6 Å². The van der Waals surface area contributed by atoms with Gasteiger partial charge >= 0.3 is 12.1 Å². The smallest absolute Gasteiger partial charge is 0.416 e. The van der Waals surface area contributed by atoms with Gasteiger partial charge in [0.25, 0.3) is 5.91 Å². The van der Waals surface area contributed by atoms with Crippen LogP contribution in [0, 0.1) is 6.92 Å². The Morgan fingerprint density at radius 1 is 1.29 bits per heavy atom. The molecule has 0 radical (unpaired) electrons. The van der Waals surface area contributed by atoms with E-state index in [1.807, 2.05) is 0 Å². The highest BCUT2D eigenvalue weighted by atomic mass is 35.5. The number of halogens is 5. The van der Waals surface area contributed by atoms with Gasteiger partial charge < -0.3 is 10.1 Å². The minimum atomic E-state index is -4.49. The normalized spacial score (nSPS) is 11.5. The van der Waals surface area contributed by atoms with Gasteiger partial charge in [0.2, 0.25) is 0 Å². The van der Waals surface area contributed by atoms with Gasteiger partial charge in [-0.3, -0.25) is 4.79 Å². The highest BCUT2D eigenvalue weighted by Gasteiger charge is 2.30. The van der Waals surface area contributed by atoms with Crippen molar-refractivity contribution in [3.63, 3.8) is 0 Å². The molecule has 1 amide bonds. The number of rotatable bonds is 5. The van der Waals surface area contributed by atoms with Crippen molar-refractivity contribution in [2.75, 3.05) is 11.9 Å². The Hall–Kier alpha value is -2.58. The molecule has 0 saturated carbocycles. The zero-order chi connectivity index (χ0) is 20.9. The number of alkyl halides is 3. The van der Waals surface area contributed by atoms with Gasteiger partial charge in [0.15, 0.2) is 12.4 Å². The largest absolute Gasteiger partial charge is 0.452 e. The fourth-order valence-electron chi connectivity index (χ4n) is 1.98. The van der Waals surface area contributed by atoms with Crippen LogP contribution in [0.3, 0.4) is 0 Å². The topological polar surface area (TPSA) is 68.3 Å². The standard InChI is InChI=1S/C18H13Cl2F3N2O3/c1-10-13(19)8-24-17(16(10)20)25-14(26)9-28-15(27)6-5-11-3-2-4-12(7-11)18(21,22)23/h2-8H,9H2,1H3,(H,24,25,26)/b6-5+. The summed E-state index contributed by atoms with van der Waals surface area (Å²) >= 11 is 11.9. The molecule has 148 valence electrons.